The fourth-order valence-electron chi connectivity index (χ4n) is 2.89. The van der Waals surface area contributed by atoms with Gasteiger partial charge in [-0.1, -0.05) is 0 Å². The summed E-state index contributed by atoms with van der Waals surface area (Å²) in [6.07, 6.45) is 2.21. The van der Waals surface area contributed by atoms with Gasteiger partial charge in [0.25, 0.3) is 5.91 Å². The number of phenolic OH excluding ortho intramolecular Hbond substituents is 1. The fraction of sp³-hybridized carbons (Fsp3) is 0.125. The third-order valence-corrected chi connectivity index (χ3v) is 4.05. The van der Waals surface area contributed by atoms with E-state index >= 15 is 0 Å². The van der Waals surface area contributed by atoms with E-state index in [2.05, 4.69) is 4.98 Å². The third kappa shape index (κ3) is 1.99. The van der Waals surface area contributed by atoms with Crippen LogP contribution in [0.15, 0.2) is 18.5 Å². The number of rotatable bonds is 2. The van der Waals surface area contributed by atoms with E-state index in [4.69, 9.17) is 11.5 Å². The van der Waals surface area contributed by atoms with Gasteiger partial charge in [-0.3, -0.25) is 14.3 Å². The fourth-order valence-corrected chi connectivity index (χ4v) is 2.89. The molecule has 1 aromatic carbocycles. The molecule has 0 saturated heterocycles. The quantitative estimate of drug-likeness (QED) is 0.669. The molecule has 2 aromatic heterocycles. The lowest BCUT2D eigenvalue weighted by molar-refractivity contribution is 0.100. The Hall–Kier alpha value is -3.16. The van der Waals surface area contributed by atoms with Crippen molar-refractivity contribution in [3.8, 4) is 11.4 Å². The number of nitrogens with zero attached hydrogens (tertiary/aromatic N) is 2. The molecule has 0 radical (unpaired) electrons. The van der Waals surface area contributed by atoms with E-state index in [9.17, 15) is 18.7 Å². The normalized spacial score (nSPS) is 11.2. The van der Waals surface area contributed by atoms with Gasteiger partial charge in [0.1, 0.15) is 17.4 Å². The van der Waals surface area contributed by atoms with Gasteiger partial charge in [0.15, 0.2) is 5.82 Å². The molecule has 5 N–H and O–H groups in total. The van der Waals surface area contributed by atoms with Crippen LogP contribution in [0.25, 0.3) is 16.6 Å². The zero-order chi connectivity index (χ0) is 17.8. The molecule has 0 fully saturated rings. The smallest absolute Gasteiger partial charge is 0.253 e. The van der Waals surface area contributed by atoms with Crippen molar-refractivity contribution in [1.29, 1.82) is 0 Å². The second-order valence-electron chi connectivity index (χ2n) is 5.45. The summed E-state index contributed by atoms with van der Waals surface area (Å²) in [5.41, 5.74) is 11.8. The average Bonchev–Trinajstić information content (AvgIpc) is 2.80. The highest BCUT2D eigenvalue weighted by atomic mass is 19.1. The topological polar surface area (TPSA) is 107 Å². The highest BCUT2D eigenvalue weighted by Gasteiger charge is 2.26. The number of amides is 1. The summed E-state index contributed by atoms with van der Waals surface area (Å²) in [5.74, 6) is -2.77. The van der Waals surface area contributed by atoms with Crippen molar-refractivity contribution < 1.29 is 18.7 Å². The lowest BCUT2D eigenvalue weighted by Crippen LogP contribution is -2.14. The first kappa shape index (κ1) is 15.7. The Morgan fingerprint density at radius 3 is 2.50 bits per heavy atom. The van der Waals surface area contributed by atoms with E-state index in [1.54, 1.807) is 0 Å². The maximum Gasteiger partial charge on any atom is 0.253 e. The highest BCUT2D eigenvalue weighted by molar-refractivity contribution is 6.11. The van der Waals surface area contributed by atoms with Crippen LogP contribution >= 0.6 is 0 Å². The monoisotopic (exact) mass is 332 g/mol. The lowest BCUT2D eigenvalue weighted by Gasteiger charge is -2.16. The van der Waals surface area contributed by atoms with Gasteiger partial charge in [-0.05, 0) is 13.8 Å². The molecule has 3 rings (SSSR count). The SMILES string of the molecule is Cc1c(O)cc(F)c(C)c1-n1c(N)c(C(N)=O)c2cncc(F)c21. The molecule has 0 atom stereocenters. The number of aromatic hydroxyl groups is 1. The zero-order valence-corrected chi connectivity index (χ0v) is 12.9. The Balaban J connectivity index is 2.59. The summed E-state index contributed by atoms with van der Waals surface area (Å²) in [7, 11) is 0. The number of nitrogens with two attached hydrogens (primary N) is 2. The first-order valence-electron chi connectivity index (χ1n) is 6.97. The number of fused-ring (bicyclic) bond motifs is 1. The Kier molecular flexibility index (Phi) is 3.40. The Labute approximate surface area is 135 Å². The van der Waals surface area contributed by atoms with E-state index in [0.717, 1.165) is 12.3 Å². The van der Waals surface area contributed by atoms with Crippen LogP contribution in [0.4, 0.5) is 14.6 Å². The van der Waals surface area contributed by atoms with Crippen LogP contribution < -0.4 is 11.5 Å². The number of halogens is 2. The summed E-state index contributed by atoms with van der Waals surface area (Å²) in [4.78, 5) is 15.5. The first-order valence-corrected chi connectivity index (χ1v) is 6.97. The number of pyridine rings is 1. The summed E-state index contributed by atoms with van der Waals surface area (Å²) < 4.78 is 29.7. The van der Waals surface area contributed by atoms with Gasteiger partial charge >= 0.3 is 0 Å². The van der Waals surface area contributed by atoms with E-state index in [1.807, 2.05) is 0 Å². The second kappa shape index (κ2) is 5.19. The number of carbonyl (C=O) groups excluding carboxylic acids is 1. The van der Waals surface area contributed by atoms with Crippen LogP contribution in [0.1, 0.15) is 21.5 Å². The van der Waals surface area contributed by atoms with Crippen LogP contribution in [0, 0.1) is 25.5 Å². The summed E-state index contributed by atoms with van der Waals surface area (Å²) >= 11 is 0. The molecule has 0 bridgehead atoms. The van der Waals surface area contributed by atoms with E-state index in [-0.39, 0.29) is 44.8 Å². The largest absolute Gasteiger partial charge is 0.507 e. The minimum atomic E-state index is -0.861. The number of carbonyl (C=O) groups is 1. The Morgan fingerprint density at radius 2 is 1.88 bits per heavy atom. The van der Waals surface area contributed by atoms with Crippen molar-refractivity contribution in [2.75, 3.05) is 5.73 Å². The standard InChI is InChI=1S/C16H14F2N4O2/c1-6-9(17)3-11(23)7(2)13(6)22-14-8(4-21-5-10(14)18)12(15(22)19)16(20)24/h3-5,23H,19H2,1-2H3,(H2,20,24). The summed E-state index contributed by atoms with van der Waals surface area (Å²) in [6.45, 7) is 3.00. The van der Waals surface area contributed by atoms with E-state index < -0.39 is 17.5 Å². The van der Waals surface area contributed by atoms with Crippen molar-refractivity contribution in [2.45, 2.75) is 13.8 Å². The van der Waals surface area contributed by atoms with Crippen LogP contribution in [-0.4, -0.2) is 20.6 Å². The maximum absolute atomic E-state index is 14.4. The number of primary amides is 1. The summed E-state index contributed by atoms with van der Waals surface area (Å²) in [6, 6.07) is 0.961. The molecule has 0 aliphatic rings. The van der Waals surface area contributed by atoms with Gasteiger partial charge in [-0.15, -0.1) is 0 Å². The first-order chi connectivity index (χ1) is 11.3. The molecule has 8 heteroatoms. The van der Waals surface area contributed by atoms with Gasteiger partial charge in [-0.2, -0.15) is 0 Å². The van der Waals surface area contributed by atoms with Gasteiger partial charge < -0.3 is 16.6 Å². The summed E-state index contributed by atoms with van der Waals surface area (Å²) in [5, 5.41) is 10.0. The minimum absolute atomic E-state index is 0.0625. The molecular formula is C16H14F2N4O2. The van der Waals surface area contributed by atoms with Gasteiger partial charge in [-0.25, -0.2) is 8.78 Å². The molecule has 1 amide bonds. The molecule has 24 heavy (non-hydrogen) atoms. The van der Waals surface area contributed by atoms with E-state index in [1.165, 1.54) is 24.6 Å². The second-order valence-corrected chi connectivity index (χ2v) is 5.45. The number of benzene rings is 1. The molecule has 2 heterocycles. The Bertz CT molecular complexity index is 985. The van der Waals surface area contributed by atoms with Crippen molar-refractivity contribution in [3.63, 3.8) is 0 Å². The third-order valence-electron chi connectivity index (χ3n) is 4.05. The van der Waals surface area contributed by atoms with Gasteiger partial charge in [0.05, 0.1) is 23.0 Å². The van der Waals surface area contributed by atoms with E-state index in [0.29, 0.717) is 0 Å². The zero-order valence-electron chi connectivity index (χ0n) is 12.9. The van der Waals surface area contributed by atoms with Crippen LogP contribution in [-0.2, 0) is 0 Å². The molecule has 6 nitrogen and oxygen atoms in total. The predicted molar refractivity (Wildman–Crippen MR) is 85.1 cm³/mol. The lowest BCUT2D eigenvalue weighted by atomic mass is 10.1. The molecular weight excluding hydrogens is 318 g/mol. The van der Waals surface area contributed by atoms with Crippen LogP contribution in [0.3, 0.4) is 0 Å². The highest BCUT2D eigenvalue weighted by Crippen LogP contribution is 2.37. The van der Waals surface area contributed by atoms with Crippen molar-refractivity contribution in [1.82, 2.24) is 9.55 Å². The molecule has 3 aromatic rings. The average molecular weight is 332 g/mol. The van der Waals surface area contributed by atoms with Crippen molar-refractivity contribution >= 4 is 22.6 Å². The molecule has 0 aliphatic heterocycles. The number of hydrogen-bond acceptors (Lipinski definition) is 4. The number of nitrogen functional groups attached to an aromatic ring is 1. The number of anilines is 1. The molecule has 0 spiro atoms. The molecule has 0 aliphatic carbocycles. The molecule has 0 unspecified atom stereocenters. The van der Waals surface area contributed by atoms with Crippen LogP contribution in [0.5, 0.6) is 5.75 Å². The van der Waals surface area contributed by atoms with Gasteiger partial charge in [0, 0.05) is 28.8 Å². The van der Waals surface area contributed by atoms with Crippen molar-refractivity contribution in [2.24, 2.45) is 5.73 Å². The molecule has 124 valence electrons. The van der Waals surface area contributed by atoms with Crippen LogP contribution in [0.2, 0.25) is 0 Å². The number of phenols is 1. The molecule has 0 saturated carbocycles. The number of hydrogen-bond donors (Lipinski definition) is 3. The number of aromatic nitrogens is 2. The predicted octanol–water partition coefficient (Wildman–Crippen LogP) is 2.31. The van der Waals surface area contributed by atoms with Crippen molar-refractivity contribution in [3.05, 3.63) is 46.8 Å². The maximum atomic E-state index is 14.4. The minimum Gasteiger partial charge on any atom is -0.507 e. The Morgan fingerprint density at radius 1 is 1.21 bits per heavy atom. The van der Waals surface area contributed by atoms with Gasteiger partial charge in [0.2, 0.25) is 0 Å².